The highest BCUT2D eigenvalue weighted by atomic mass is 35.5. The summed E-state index contributed by atoms with van der Waals surface area (Å²) in [6.07, 6.45) is 3.53. The summed E-state index contributed by atoms with van der Waals surface area (Å²) < 4.78 is 15.3. The van der Waals surface area contributed by atoms with Crippen LogP contribution in [-0.2, 0) is 0 Å². The Hall–Kier alpha value is -1.99. The van der Waals surface area contributed by atoms with E-state index in [2.05, 4.69) is 10.3 Å². The minimum Gasteiger partial charge on any atom is -0.337 e. The van der Waals surface area contributed by atoms with Gasteiger partial charge in [0.05, 0.1) is 11.2 Å². The van der Waals surface area contributed by atoms with E-state index in [-0.39, 0.29) is 28.4 Å². The van der Waals surface area contributed by atoms with Crippen LogP contribution in [0.15, 0.2) is 24.4 Å². The number of carbonyl (C=O) groups excluding carboxylic acids is 1. The van der Waals surface area contributed by atoms with Crippen molar-refractivity contribution in [3.63, 3.8) is 0 Å². The average Bonchev–Trinajstić information content (AvgIpc) is 3.27. The second kappa shape index (κ2) is 5.82. The Morgan fingerprint density at radius 1 is 1.33 bits per heavy atom. The van der Waals surface area contributed by atoms with Crippen LogP contribution < -0.4 is 5.73 Å². The summed E-state index contributed by atoms with van der Waals surface area (Å²) in [6, 6.07) is 4.77. The van der Waals surface area contributed by atoms with Gasteiger partial charge in [-0.25, -0.2) is 9.07 Å². The Morgan fingerprint density at radius 2 is 2.17 bits per heavy atom. The van der Waals surface area contributed by atoms with Crippen LogP contribution in [0.2, 0.25) is 5.02 Å². The monoisotopic (exact) mass is 349 g/mol. The number of benzene rings is 1. The summed E-state index contributed by atoms with van der Waals surface area (Å²) >= 11 is 5.78. The molecular formula is C16H17ClFN5O. The second-order valence-electron chi connectivity index (χ2n) is 6.50. The molecule has 8 heteroatoms. The highest BCUT2D eigenvalue weighted by Crippen LogP contribution is 2.37. The maximum absolute atomic E-state index is 14.1. The molecule has 1 saturated heterocycles. The Bertz CT molecular complexity index is 795. The van der Waals surface area contributed by atoms with Crippen molar-refractivity contribution in [3.05, 3.63) is 40.9 Å². The molecule has 1 amide bonds. The number of hydrogen-bond donors (Lipinski definition) is 1. The minimum atomic E-state index is -0.593. The average molecular weight is 350 g/mol. The first-order chi connectivity index (χ1) is 11.5. The van der Waals surface area contributed by atoms with Crippen LogP contribution in [0.3, 0.4) is 0 Å². The van der Waals surface area contributed by atoms with Crippen LogP contribution >= 0.6 is 11.6 Å². The molecule has 2 N–H and O–H groups in total. The summed E-state index contributed by atoms with van der Waals surface area (Å²) in [7, 11) is 0. The number of fused-ring (bicyclic) bond motifs is 1. The first kappa shape index (κ1) is 15.5. The molecule has 1 aromatic carbocycles. The van der Waals surface area contributed by atoms with Gasteiger partial charge in [-0.3, -0.25) is 4.79 Å². The van der Waals surface area contributed by atoms with Crippen molar-refractivity contribution in [3.8, 4) is 5.69 Å². The number of amides is 1. The summed E-state index contributed by atoms with van der Waals surface area (Å²) in [5.41, 5.74) is 6.47. The zero-order valence-electron chi connectivity index (χ0n) is 12.9. The summed E-state index contributed by atoms with van der Waals surface area (Å²) in [5.74, 6) is 0.0637. The van der Waals surface area contributed by atoms with Gasteiger partial charge in [-0.05, 0) is 36.8 Å². The number of hydrogen-bond acceptors (Lipinski definition) is 4. The topological polar surface area (TPSA) is 77.0 Å². The molecule has 2 heterocycles. The molecule has 0 radical (unpaired) electrons. The normalized spacial score (nSPS) is 26.0. The Balaban J connectivity index is 1.55. The first-order valence-corrected chi connectivity index (χ1v) is 8.34. The number of likely N-dealkylation sites (tertiary alicyclic amines) is 1. The predicted molar refractivity (Wildman–Crippen MR) is 86.4 cm³/mol. The fourth-order valence-electron chi connectivity index (χ4n) is 3.78. The van der Waals surface area contributed by atoms with Gasteiger partial charge in [-0.2, -0.15) is 0 Å². The number of aromatic nitrogens is 3. The van der Waals surface area contributed by atoms with Crippen molar-refractivity contribution in [2.45, 2.75) is 18.9 Å². The van der Waals surface area contributed by atoms with Gasteiger partial charge in [0.15, 0.2) is 11.5 Å². The van der Waals surface area contributed by atoms with Gasteiger partial charge in [-0.1, -0.05) is 22.9 Å². The molecule has 1 aliphatic carbocycles. The van der Waals surface area contributed by atoms with Crippen molar-refractivity contribution in [2.24, 2.45) is 17.6 Å². The van der Waals surface area contributed by atoms with Crippen molar-refractivity contribution in [1.29, 1.82) is 0 Å². The number of rotatable bonds is 2. The highest BCUT2D eigenvalue weighted by molar-refractivity contribution is 6.30. The van der Waals surface area contributed by atoms with E-state index in [1.807, 2.05) is 0 Å². The van der Waals surface area contributed by atoms with Gasteiger partial charge >= 0.3 is 0 Å². The molecule has 126 valence electrons. The molecule has 4 rings (SSSR count). The van der Waals surface area contributed by atoms with Gasteiger partial charge in [0.25, 0.3) is 5.91 Å². The van der Waals surface area contributed by atoms with Crippen LogP contribution in [0.5, 0.6) is 0 Å². The molecule has 2 fully saturated rings. The summed E-state index contributed by atoms with van der Waals surface area (Å²) in [6.45, 7) is 1.36. The zero-order valence-corrected chi connectivity index (χ0v) is 13.7. The van der Waals surface area contributed by atoms with Crippen LogP contribution in [-0.4, -0.2) is 44.9 Å². The molecule has 3 unspecified atom stereocenters. The number of nitrogens with zero attached hydrogens (tertiary/aromatic N) is 4. The number of carbonyl (C=O) groups is 1. The molecule has 1 aromatic heterocycles. The molecule has 24 heavy (non-hydrogen) atoms. The predicted octanol–water partition coefficient (Wildman–Crippen LogP) is 1.87. The maximum atomic E-state index is 14.1. The molecule has 1 saturated carbocycles. The van der Waals surface area contributed by atoms with E-state index in [4.69, 9.17) is 17.3 Å². The van der Waals surface area contributed by atoms with Crippen LogP contribution in [0.4, 0.5) is 4.39 Å². The molecule has 3 atom stereocenters. The smallest absolute Gasteiger partial charge is 0.276 e. The van der Waals surface area contributed by atoms with Gasteiger partial charge in [0.1, 0.15) is 5.69 Å². The number of halogens is 2. The van der Waals surface area contributed by atoms with Gasteiger partial charge in [0, 0.05) is 19.1 Å². The molecule has 0 spiro atoms. The van der Waals surface area contributed by atoms with E-state index in [0.717, 1.165) is 12.8 Å². The Labute approximate surface area is 143 Å². The van der Waals surface area contributed by atoms with E-state index in [1.54, 1.807) is 11.0 Å². The van der Waals surface area contributed by atoms with E-state index in [0.29, 0.717) is 24.9 Å². The van der Waals surface area contributed by atoms with E-state index in [9.17, 15) is 9.18 Å². The quantitative estimate of drug-likeness (QED) is 0.898. The third-order valence-corrected chi connectivity index (χ3v) is 5.38. The van der Waals surface area contributed by atoms with Crippen LogP contribution in [0.1, 0.15) is 23.3 Å². The van der Waals surface area contributed by atoms with Crippen molar-refractivity contribution >= 4 is 17.5 Å². The second-order valence-corrected chi connectivity index (χ2v) is 6.90. The fourth-order valence-corrected chi connectivity index (χ4v) is 3.95. The lowest BCUT2D eigenvalue weighted by molar-refractivity contribution is 0.0773. The maximum Gasteiger partial charge on any atom is 0.276 e. The van der Waals surface area contributed by atoms with Crippen LogP contribution in [0.25, 0.3) is 5.69 Å². The Kier molecular flexibility index (Phi) is 3.77. The lowest BCUT2D eigenvalue weighted by atomic mass is 9.98. The van der Waals surface area contributed by atoms with Gasteiger partial charge in [-0.15, -0.1) is 5.10 Å². The largest absolute Gasteiger partial charge is 0.337 e. The standard InChI is InChI=1S/C16H17ClFN5O/c17-11-2-1-3-14(15(11)18)23-8-13(20-21-23)16(24)22-6-9-4-5-12(19)10(9)7-22/h1-3,8-10,12H,4-7,19H2. The summed E-state index contributed by atoms with van der Waals surface area (Å²) in [5, 5.41) is 7.76. The van der Waals surface area contributed by atoms with Gasteiger partial charge < -0.3 is 10.6 Å². The van der Waals surface area contributed by atoms with E-state index < -0.39 is 5.82 Å². The molecular weight excluding hydrogens is 333 g/mol. The number of nitrogens with two attached hydrogens (primary N) is 1. The summed E-state index contributed by atoms with van der Waals surface area (Å²) in [4.78, 5) is 14.4. The van der Waals surface area contributed by atoms with E-state index >= 15 is 0 Å². The first-order valence-electron chi connectivity index (χ1n) is 7.96. The fraction of sp³-hybridized carbons (Fsp3) is 0.438. The molecule has 0 bridgehead atoms. The third kappa shape index (κ3) is 2.48. The van der Waals surface area contributed by atoms with Crippen molar-refractivity contribution in [1.82, 2.24) is 19.9 Å². The lowest BCUT2D eigenvalue weighted by Gasteiger charge is -2.17. The molecule has 1 aliphatic heterocycles. The molecule has 6 nitrogen and oxygen atoms in total. The lowest BCUT2D eigenvalue weighted by Crippen LogP contribution is -2.33. The van der Waals surface area contributed by atoms with Crippen LogP contribution in [0, 0.1) is 17.7 Å². The highest BCUT2D eigenvalue weighted by Gasteiger charge is 2.43. The SMILES string of the molecule is NC1CCC2CN(C(=O)c3cn(-c4cccc(Cl)c4F)nn3)CC12. The molecule has 2 aliphatic rings. The van der Waals surface area contributed by atoms with Gasteiger partial charge in [0.2, 0.25) is 0 Å². The zero-order chi connectivity index (χ0) is 16.8. The van der Waals surface area contributed by atoms with Crippen molar-refractivity contribution in [2.75, 3.05) is 13.1 Å². The third-order valence-electron chi connectivity index (χ3n) is 5.09. The van der Waals surface area contributed by atoms with Crippen molar-refractivity contribution < 1.29 is 9.18 Å². The van der Waals surface area contributed by atoms with E-state index in [1.165, 1.54) is 23.0 Å². The minimum absolute atomic E-state index is 0.00256. The molecule has 2 aromatic rings. The Morgan fingerprint density at radius 3 is 2.96 bits per heavy atom.